The van der Waals surface area contributed by atoms with Crippen LogP contribution in [0.25, 0.3) is 0 Å². The lowest BCUT2D eigenvalue weighted by molar-refractivity contribution is -0.0325. The highest BCUT2D eigenvalue weighted by atomic mass is 32.1. The van der Waals surface area contributed by atoms with Gasteiger partial charge in [0.1, 0.15) is 10.6 Å². The van der Waals surface area contributed by atoms with Crippen LogP contribution in [0.1, 0.15) is 82.3 Å². The van der Waals surface area contributed by atoms with Crippen LogP contribution in [0, 0.1) is 0 Å². The van der Waals surface area contributed by atoms with E-state index in [2.05, 4.69) is 46.9 Å². The number of hydrogen-bond donors (Lipinski definition) is 1. The molecule has 120 valence electrons. The molecule has 3 nitrogen and oxygen atoms in total. The first kappa shape index (κ1) is 16.9. The van der Waals surface area contributed by atoms with Crippen molar-refractivity contribution in [2.24, 2.45) is 0 Å². The maximum atomic E-state index is 6.01. The Morgan fingerprint density at radius 1 is 1.24 bits per heavy atom. The van der Waals surface area contributed by atoms with Gasteiger partial charge in [-0.05, 0) is 53.9 Å². The van der Waals surface area contributed by atoms with E-state index in [9.17, 15) is 0 Å². The molecule has 1 aromatic rings. The molecular formula is C17H30N2OS. The van der Waals surface area contributed by atoms with Gasteiger partial charge >= 0.3 is 0 Å². The van der Waals surface area contributed by atoms with Crippen LogP contribution in [0.4, 0.5) is 0 Å². The molecular weight excluding hydrogens is 280 g/mol. The normalized spacial score (nSPS) is 18.8. The molecule has 2 rings (SSSR count). The van der Waals surface area contributed by atoms with Crippen molar-refractivity contribution >= 4 is 11.3 Å². The first-order chi connectivity index (χ1) is 9.79. The summed E-state index contributed by atoms with van der Waals surface area (Å²) in [6.07, 6.45) is 3.55. The van der Waals surface area contributed by atoms with E-state index in [1.807, 2.05) is 11.3 Å². The van der Waals surface area contributed by atoms with E-state index in [0.717, 1.165) is 24.6 Å². The van der Waals surface area contributed by atoms with Gasteiger partial charge in [-0.1, -0.05) is 6.92 Å². The van der Waals surface area contributed by atoms with Gasteiger partial charge in [0.15, 0.2) is 0 Å². The molecule has 0 aromatic carbocycles. The molecule has 0 spiro atoms. The summed E-state index contributed by atoms with van der Waals surface area (Å²) in [6, 6.07) is 0. The average molecular weight is 311 g/mol. The van der Waals surface area contributed by atoms with Crippen LogP contribution in [0.3, 0.4) is 0 Å². The zero-order valence-corrected chi connectivity index (χ0v) is 15.2. The van der Waals surface area contributed by atoms with Crippen LogP contribution in [0.15, 0.2) is 0 Å². The Labute approximate surface area is 133 Å². The van der Waals surface area contributed by atoms with E-state index < -0.39 is 0 Å². The van der Waals surface area contributed by atoms with Crippen LogP contribution in [0.2, 0.25) is 0 Å². The maximum absolute atomic E-state index is 6.01. The molecule has 1 aliphatic carbocycles. The first-order valence-electron chi connectivity index (χ1n) is 8.18. The van der Waals surface area contributed by atoms with Crippen molar-refractivity contribution in [1.29, 1.82) is 0 Å². The van der Waals surface area contributed by atoms with Crippen molar-refractivity contribution in [3.8, 4) is 0 Å². The Balaban J connectivity index is 2.24. The zero-order valence-electron chi connectivity index (χ0n) is 14.4. The topological polar surface area (TPSA) is 34.1 Å². The number of nitrogens with one attached hydrogen (secondary N) is 1. The van der Waals surface area contributed by atoms with E-state index in [4.69, 9.17) is 9.72 Å². The number of nitrogens with zero attached hydrogens (tertiary/aromatic N) is 1. The van der Waals surface area contributed by atoms with Crippen LogP contribution in [-0.4, -0.2) is 17.1 Å². The molecule has 1 aromatic heterocycles. The molecule has 1 fully saturated rings. The second-order valence-corrected chi connectivity index (χ2v) is 8.31. The number of ether oxygens (including phenoxy) is 1. The SMILES string of the molecule is CCOC(C)(CC)c1nc(C2CC2)c(CNC(C)(C)C)s1. The second-order valence-electron chi connectivity index (χ2n) is 7.22. The summed E-state index contributed by atoms with van der Waals surface area (Å²) in [6.45, 7) is 14.7. The molecule has 1 heterocycles. The lowest BCUT2D eigenvalue weighted by Crippen LogP contribution is -2.35. The van der Waals surface area contributed by atoms with E-state index >= 15 is 0 Å². The predicted octanol–water partition coefficient (Wildman–Crippen LogP) is 4.57. The molecule has 0 aliphatic heterocycles. The molecule has 0 saturated heterocycles. The number of rotatable bonds is 7. The van der Waals surface area contributed by atoms with Crippen molar-refractivity contribution in [2.45, 2.75) is 84.4 Å². The Morgan fingerprint density at radius 2 is 1.90 bits per heavy atom. The van der Waals surface area contributed by atoms with Crippen molar-refractivity contribution in [1.82, 2.24) is 10.3 Å². The fourth-order valence-electron chi connectivity index (χ4n) is 2.37. The molecule has 1 atom stereocenters. The van der Waals surface area contributed by atoms with E-state index in [1.165, 1.54) is 23.4 Å². The fourth-order valence-corrected chi connectivity index (χ4v) is 3.63. The van der Waals surface area contributed by atoms with Crippen molar-refractivity contribution < 1.29 is 4.74 Å². The van der Waals surface area contributed by atoms with Gasteiger partial charge in [0.05, 0.1) is 5.69 Å². The van der Waals surface area contributed by atoms with Gasteiger partial charge in [0.2, 0.25) is 0 Å². The van der Waals surface area contributed by atoms with Gasteiger partial charge in [-0.2, -0.15) is 0 Å². The third kappa shape index (κ3) is 4.27. The predicted molar refractivity (Wildman–Crippen MR) is 90.0 cm³/mol. The summed E-state index contributed by atoms with van der Waals surface area (Å²) >= 11 is 1.84. The molecule has 0 bridgehead atoms. The van der Waals surface area contributed by atoms with Gasteiger partial charge in [-0.15, -0.1) is 11.3 Å². The summed E-state index contributed by atoms with van der Waals surface area (Å²) in [4.78, 5) is 6.39. The third-order valence-electron chi connectivity index (χ3n) is 4.06. The highest BCUT2D eigenvalue weighted by Gasteiger charge is 2.35. The van der Waals surface area contributed by atoms with E-state index in [-0.39, 0.29) is 11.1 Å². The van der Waals surface area contributed by atoms with Crippen LogP contribution in [0.5, 0.6) is 0 Å². The quantitative estimate of drug-likeness (QED) is 0.801. The standard InChI is InChI=1S/C17H30N2OS/c1-7-17(6,20-8-2)15-19-14(12-9-10-12)13(21-15)11-18-16(3,4)5/h12,18H,7-11H2,1-6H3. The second kappa shape index (κ2) is 6.35. The number of aromatic nitrogens is 1. The Hall–Kier alpha value is -0.450. The van der Waals surface area contributed by atoms with Gasteiger partial charge < -0.3 is 10.1 Å². The van der Waals surface area contributed by atoms with Gasteiger partial charge in [0, 0.05) is 29.5 Å². The Morgan fingerprint density at radius 3 is 2.38 bits per heavy atom. The molecule has 0 radical (unpaired) electrons. The fraction of sp³-hybridized carbons (Fsp3) is 0.824. The van der Waals surface area contributed by atoms with Crippen LogP contribution in [-0.2, 0) is 16.9 Å². The monoisotopic (exact) mass is 310 g/mol. The minimum absolute atomic E-state index is 0.138. The lowest BCUT2D eigenvalue weighted by Gasteiger charge is -2.25. The molecule has 1 unspecified atom stereocenters. The summed E-state index contributed by atoms with van der Waals surface area (Å²) < 4.78 is 6.01. The van der Waals surface area contributed by atoms with Gasteiger partial charge in [0.25, 0.3) is 0 Å². The smallest absolute Gasteiger partial charge is 0.125 e. The van der Waals surface area contributed by atoms with Crippen LogP contribution >= 0.6 is 11.3 Å². The van der Waals surface area contributed by atoms with Gasteiger partial charge in [-0.25, -0.2) is 4.98 Å². The zero-order chi connectivity index (χ0) is 15.7. The van der Waals surface area contributed by atoms with Crippen molar-refractivity contribution in [3.05, 3.63) is 15.6 Å². The Bertz CT molecular complexity index is 474. The van der Waals surface area contributed by atoms with Crippen LogP contribution < -0.4 is 5.32 Å². The Kier molecular flexibility index (Phi) is 5.11. The summed E-state index contributed by atoms with van der Waals surface area (Å²) in [5.74, 6) is 0.689. The molecule has 0 amide bonds. The highest BCUT2D eigenvalue weighted by molar-refractivity contribution is 7.11. The molecule has 1 aliphatic rings. The average Bonchev–Trinajstić information content (AvgIpc) is 3.15. The number of hydrogen-bond acceptors (Lipinski definition) is 4. The van der Waals surface area contributed by atoms with Gasteiger partial charge in [-0.3, -0.25) is 0 Å². The molecule has 1 saturated carbocycles. The van der Waals surface area contributed by atoms with Crippen molar-refractivity contribution in [2.75, 3.05) is 6.61 Å². The molecule has 4 heteroatoms. The highest BCUT2D eigenvalue weighted by Crippen LogP contribution is 2.45. The molecule has 1 N–H and O–H groups in total. The third-order valence-corrected chi connectivity index (χ3v) is 5.38. The first-order valence-corrected chi connectivity index (χ1v) is 8.99. The number of thiazole rings is 1. The minimum atomic E-state index is -0.233. The minimum Gasteiger partial charge on any atom is -0.368 e. The maximum Gasteiger partial charge on any atom is 0.125 e. The lowest BCUT2D eigenvalue weighted by atomic mass is 10.0. The van der Waals surface area contributed by atoms with E-state index in [1.54, 1.807) is 0 Å². The summed E-state index contributed by atoms with van der Waals surface area (Å²) in [7, 11) is 0. The van der Waals surface area contributed by atoms with Crippen molar-refractivity contribution in [3.63, 3.8) is 0 Å². The molecule has 21 heavy (non-hydrogen) atoms. The summed E-state index contributed by atoms with van der Waals surface area (Å²) in [5, 5.41) is 4.76. The van der Waals surface area contributed by atoms with E-state index in [0.29, 0.717) is 5.92 Å². The summed E-state index contributed by atoms with van der Waals surface area (Å²) in [5.41, 5.74) is 1.23. The largest absolute Gasteiger partial charge is 0.368 e.